The van der Waals surface area contributed by atoms with Gasteiger partial charge in [-0.2, -0.15) is 12.6 Å². The van der Waals surface area contributed by atoms with Gasteiger partial charge in [0.25, 0.3) is 0 Å². The highest BCUT2D eigenvalue weighted by molar-refractivity contribution is 7.80. The van der Waals surface area contributed by atoms with Crippen LogP contribution in [-0.4, -0.2) is 81.8 Å². The normalized spacial score (nSPS) is 14.4. The van der Waals surface area contributed by atoms with Crippen LogP contribution in [0.4, 0.5) is 0 Å². The Morgan fingerprint density at radius 3 is 2.03 bits per heavy atom. The van der Waals surface area contributed by atoms with Gasteiger partial charge in [-0.05, 0) is 45.2 Å². The molecule has 0 bridgehead atoms. The van der Waals surface area contributed by atoms with Gasteiger partial charge in [0.15, 0.2) is 0 Å². The summed E-state index contributed by atoms with van der Waals surface area (Å²) in [4.78, 5) is 56.4. The predicted molar refractivity (Wildman–Crippen MR) is 133 cm³/mol. The third-order valence-electron chi connectivity index (χ3n) is 5.29. The van der Waals surface area contributed by atoms with Gasteiger partial charge in [0.1, 0.15) is 18.1 Å². The fourth-order valence-electron chi connectivity index (χ4n) is 3.24. The van der Waals surface area contributed by atoms with E-state index in [4.69, 9.17) is 17.2 Å². The number of carbonyl (C=O) groups excluding carboxylic acids is 3. The van der Waals surface area contributed by atoms with E-state index in [-0.39, 0.29) is 12.2 Å². The second-order valence-electron chi connectivity index (χ2n) is 8.16. The maximum absolute atomic E-state index is 12.9. The molecular weight excluding hydrogens is 476 g/mol. The monoisotopic (exact) mass is 514 g/mol. The van der Waals surface area contributed by atoms with E-state index in [1.165, 1.54) is 12.5 Å². The predicted octanol–water partition coefficient (Wildman–Crippen LogP) is -1.99. The molecule has 3 amide bonds. The number of unbranched alkanes of at least 4 members (excludes halogenated alkanes) is 2. The number of hydrogen-bond donors (Lipinski definition) is 9. The molecule has 0 aliphatic rings. The van der Waals surface area contributed by atoms with Crippen molar-refractivity contribution in [2.45, 2.75) is 69.1 Å². The molecule has 11 N–H and O–H groups in total. The van der Waals surface area contributed by atoms with Gasteiger partial charge in [0.2, 0.25) is 17.7 Å². The highest BCUT2D eigenvalue weighted by Crippen LogP contribution is 2.06. The Kier molecular flexibility index (Phi) is 14.6. The highest BCUT2D eigenvalue weighted by atomic mass is 32.1. The molecule has 1 rings (SSSR count). The Morgan fingerprint density at radius 1 is 0.914 bits per heavy atom. The van der Waals surface area contributed by atoms with Crippen LogP contribution in [0.25, 0.3) is 0 Å². The molecule has 0 radical (unpaired) electrons. The van der Waals surface area contributed by atoms with Crippen LogP contribution < -0.4 is 33.2 Å². The van der Waals surface area contributed by atoms with E-state index in [0.717, 1.165) is 6.42 Å². The minimum Gasteiger partial charge on any atom is -0.480 e. The first-order valence-electron chi connectivity index (χ1n) is 11.6. The van der Waals surface area contributed by atoms with Crippen molar-refractivity contribution in [2.75, 3.05) is 18.8 Å². The van der Waals surface area contributed by atoms with Gasteiger partial charge < -0.3 is 43.2 Å². The summed E-state index contributed by atoms with van der Waals surface area (Å²) in [6, 6.07) is -4.10. The van der Waals surface area contributed by atoms with Gasteiger partial charge in [0, 0.05) is 24.1 Å². The zero-order chi connectivity index (χ0) is 26.2. The van der Waals surface area contributed by atoms with Gasteiger partial charge in [-0.3, -0.25) is 14.4 Å². The first kappa shape index (κ1) is 30.4. The van der Waals surface area contributed by atoms with Crippen LogP contribution in [0, 0.1) is 0 Å². The fraction of sp³-hybridized carbons (Fsp3) is 0.667. The molecule has 0 saturated carbocycles. The lowest BCUT2D eigenvalue weighted by molar-refractivity contribution is -0.142. The molecule has 4 atom stereocenters. The van der Waals surface area contributed by atoms with Crippen molar-refractivity contribution in [3.63, 3.8) is 0 Å². The Balaban J connectivity index is 2.80. The molecule has 198 valence electrons. The van der Waals surface area contributed by atoms with E-state index >= 15 is 0 Å². The summed E-state index contributed by atoms with van der Waals surface area (Å²) < 4.78 is 0. The quantitative estimate of drug-likeness (QED) is 0.0778. The summed E-state index contributed by atoms with van der Waals surface area (Å²) in [5.41, 5.74) is 17.5. The van der Waals surface area contributed by atoms with Crippen LogP contribution in [0.3, 0.4) is 0 Å². The van der Waals surface area contributed by atoms with Gasteiger partial charge in [-0.25, -0.2) is 9.78 Å². The number of rotatable bonds is 18. The molecule has 0 aliphatic heterocycles. The molecule has 0 spiro atoms. The number of thiol groups is 1. The van der Waals surface area contributed by atoms with Crippen LogP contribution in [0.2, 0.25) is 0 Å². The lowest BCUT2D eigenvalue weighted by Gasteiger charge is -2.24. The molecule has 13 nitrogen and oxygen atoms in total. The number of aromatic nitrogens is 2. The van der Waals surface area contributed by atoms with E-state index in [1.807, 2.05) is 0 Å². The molecule has 1 aromatic rings. The maximum Gasteiger partial charge on any atom is 0.326 e. The van der Waals surface area contributed by atoms with Crippen LogP contribution in [-0.2, 0) is 25.6 Å². The summed E-state index contributed by atoms with van der Waals surface area (Å²) in [6.45, 7) is 0.922. The average molecular weight is 515 g/mol. The number of nitrogens with one attached hydrogen (secondary N) is 4. The van der Waals surface area contributed by atoms with E-state index in [9.17, 15) is 24.3 Å². The molecule has 0 aromatic carbocycles. The lowest BCUT2D eigenvalue weighted by atomic mass is 10.1. The zero-order valence-corrected chi connectivity index (χ0v) is 20.6. The number of imidazole rings is 1. The number of H-pyrrole nitrogens is 1. The first-order valence-corrected chi connectivity index (χ1v) is 12.2. The van der Waals surface area contributed by atoms with Gasteiger partial charge in [0.05, 0.1) is 12.4 Å². The van der Waals surface area contributed by atoms with Crippen molar-refractivity contribution in [3.8, 4) is 0 Å². The molecule has 0 saturated heterocycles. The highest BCUT2D eigenvalue weighted by Gasteiger charge is 2.29. The second kappa shape index (κ2) is 16.9. The van der Waals surface area contributed by atoms with Gasteiger partial charge >= 0.3 is 5.97 Å². The minimum absolute atomic E-state index is 0.0197. The Bertz CT molecular complexity index is 795. The number of nitrogens with two attached hydrogens (primary N) is 3. The van der Waals surface area contributed by atoms with Gasteiger partial charge in [-0.1, -0.05) is 6.42 Å². The second-order valence-corrected chi connectivity index (χ2v) is 8.53. The summed E-state index contributed by atoms with van der Waals surface area (Å²) >= 11 is 4.12. The van der Waals surface area contributed by atoms with E-state index in [2.05, 4.69) is 38.5 Å². The fourth-order valence-corrected chi connectivity index (χ4v) is 3.49. The number of aromatic amines is 1. The summed E-state index contributed by atoms with van der Waals surface area (Å²) in [7, 11) is 0. The van der Waals surface area contributed by atoms with Crippen LogP contribution in [0.5, 0.6) is 0 Å². The van der Waals surface area contributed by atoms with E-state index < -0.39 is 47.9 Å². The third kappa shape index (κ3) is 11.5. The Labute approximate surface area is 210 Å². The first-order chi connectivity index (χ1) is 16.7. The number of carbonyl (C=O) groups is 4. The number of hydrogen-bond acceptors (Lipinski definition) is 9. The van der Waals surface area contributed by atoms with Crippen molar-refractivity contribution in [2.24, 2.45) is 17.2 Å². The summed E-state index contributed by atoms with van der Waals surface area (Å²) in [5.74, 6) is -3.12. The number of carboxylic acid groups (broad SMARTS) is 1. The van der Waals surface area contributed by atoms with Gasteiger partial charge in [-0.15, -0.1) is 0 Å². The molecule has 1 heterocycles. The van der Waals surface area contributed by atoms with Crippen LogP contribution in [0.1, 0.15) is 44.2 Å². The average Bonchev–Trinajstić information content (AvgIpc) is 3.34. The topological polar surface area (TPSA) is 231 Å². The number of carboxylic acids is 1. The molecule has 0 aliphatic carbocycles. The SMILES string of the molecule is NCCCCC(N)C(=O)NC(CCCCN)C(=O)NC(CS)C(=O)NC(Cc1cnc[nH]1)C(=O)O. The molecule has 14 heteroatoms. The van der Waals surface area contributed by atoms with Crippen molar-refractivity contribution in [1.82, 2.24) is 25.9 Å². The Morgan fingerprint density at radius 2 is 1.49 bits per heavy atom. The van der Waals surface area contributed by atoms with Crippen molar-refractivity contribution in [3.05, 3.63) is 18.2 Å². The molecular formula is C21H38N8O5S. The van der Waals surface area contributed by atoms with Crippen LogP contribution >= 0.6 is 12.6 Å². The zero-order valence-electron chi connectivity index (χ0n) is 19.7. The molecule has 0 fully saturated rings. The third-order valence-corrected chi connectivity index (χ3v) is 5.66. The standard InChI is InChI=1S/C21H38N8O5S/c22-7-3-1-5-14(24)18(30)27-15(6-2-4-8-23)19(31)29-17(11-35)20(32)28-16(21(33)34)9-13-10-25-12-26-13/h10,12,14-17,35H,1-9,11,22-24H2,(H,25,26)(H,27,30)(H,28,32)(H,29,31)(H,33,34). The Hall–Kier alpha value is -2.68. The smallest absolute Gasteiger partial charge is 0.326 e. The van der Waals surface area contributed by atoms with E-state index in [0.29, 0.717) is 50.9 Å². The van der Waals surface area contributed by atoms with Crippen LogP contribution in [0.15, 0.2) is 12.5 Å². The van der Waals surface area contributed by atoms with E-state index in [1.54, 1.807) is 0 Å². The van der Waals surface area contributed by atoms with Crippen molar-refractivity contribution < 1.29 is 24.3 Å². The molecule has 1 aromatic heterocycles. The van der Waals surface area contributed by atoms with Crippen molar-refractivity contribution >= 4 is 36.3 Å². The maximum atomic E-state index is 12.9. The number of aliphatic carboxylic acids is 1. The summed E-state index contributed by atoms with van der Waals surface area (Å²) in [6.07, 6.45) is 6.18. The molecule has 35 heavy (non-hydrogen) atoms. The minimum atomic E-state index is -1.24. The number of nitrogens with zero attached hydrogens (tertiary/aromatic N) is 1. The van der Waals surface area contributed by atoms with Crippen molar-refractivity contribution in [1.29, 1.82) is 0 Å². The molecule has 4 unspecified atom stereocenters. The number of amides is 3. The largest absolute Gasteiger partial charge is 0.480 e. The summed E-state index contributed by atoms with van der Waals surface area (Å²) in [5, 5.41) is 17.1. The lowest BCUT2D eigenvalue weighted by Crippen LogP contribution is -2.57.